The van der Waals surface area contributed by atoms with Crippen LogP contribution in [-0.2, 0) is 9.53 Å². The molecule has 7 nitrogen and oxygen atoms in total. The molecule has 114 valence electrons. The maximum Gasteiger partial charge on any atom is 0.425 e. The predicted octanol–water partition coefficient (Wildman–Crippen LogP) is 1.63. The van der Waals surface area contributed by atoms with Gasteiger partial charge in [-0.3, -0.25) is 15.5 Å². The van der Waals surface area contributed by atoms with Crippen LogP contribution in [0, 0.1) is 0 Å². The summed E-state index contributed by atoms with van der Waals surface area (Å²) in [6, 6.07) is 4.60. The van der Waals surface area contributed by atoms with Gasteiger partial charge in [-0.1, -0.05) is 23.2 Å². The Balaban J connectivity index is 2.37. The summed E-state index contributed by atoms with van der Waals surface area (Å²) in [7, 11) is 1.18. The molecule has 1 aromatic rings. The zero-order valence-electron chi connectivity index (χ0n) is 10.7. The molecule has 0 spiro atoms. The van der Waals surface area contributed by atoms with Gasteiger partial charge >= 0.3 is 6.09 Å². The molecule has 1 rings (SSSR count). The van der Waals surface area contributed by atoms with E-state index in [1.165, 1.54) is 19.2 Å². The highest BCUT2D eigenvalue weighted by atomic mass is 35.5. The Morgan fingerprint density at radius 2 is 2.00 bits per heavy atom. The number of benzene rings is 1. The number of carbonyl (C=O) groups excluding carboxylic acids is 2. The first-order chi connectivity index (χ1) is 9.92. The fraction of sp³-hybridized carbons (Fsp3) is 0.182. The maximum atomic E-state index is 11.5. The molecule has 0 heterocycles. The van der Waals surface area contributed by atoms with E-state index in [2.05, 4.69) is 20.9 Å². The number of hydrogen-bond acceptors (Lipinski definition) is 5. The topological polar surface area (TPSA) is 88.7 Å². The summed E-state index contributed by atoms with van der Waals surface area (Å²) in [4.78, 5) is 22.3. The molecule has 3 N–H and O–H groups in total. The fourth-order valence-electron chi connectivity index (χ4n) is 1.09. The molecule has 0 unspecified atom stereocenters. The standard InChI is InChI=1S/C11H11Cl2N3O4S/c1-19-11(18)16-15-10(21)14-9(17)5-20-8-3-2-6(12)4-7(8)13/h2-4H,5H2,1H3,(H,16,18)(H2,14,15,17,21). The van der Waals surface area contributed by atoms with Crippen molar-refractivity contribution in [3.8, 4) is 5.75 Å². The van der Waals surface area contributed by atoms with Crippen LogP contribution in [0.3, 0.4) is 0 Å². The average Bonchev–Trinajstić information content (AvgIpc) is 2.43. The number of nitrogens with one attached hydrogen (secondary N) is 3. The third-order valence-corrected chi connectivity index (χ3v) is 2.70. The van der Waals surface area contributed by atoms with Crippen LogP contribution in [0.2, 0.25) is 10.0 Å². The summed E-state index contributed by atoms with van der Waals surface area (Å²) < 4.78 is 9.50. The summed E-state index contributed by atoms with van der Waals surface area (Å²) in [5, 5.41) is 2.90. The van der Waals surface area contributed by atoms with Gasteiger partial charge in [0, 0.05) is 5.02 Å². The van der Waals surface area contributed by atoms with Gasteiger partial charge in [0.25, 0.3) is 5.91 Å². The largest absolute Gasteiger partial charge is 0.482 e. The molecule has 0 saturated heterocycles. The Bertz CT molecular complexity index is 556. The minimum atomic E-state index is -0.754. The molecule has 2 amide bonds. The number of ether oxygens (including phenoxy) is 2. The Morgan fingerprint density at radius 3 is 2.62 bits per heavy atom. The summed E-state index contributed by atoms with van der Waals surface area (Å²) in [5.41, 5.74) is 4.34. The lowest BCUT2D eigenvalue weighted by Crippen LogP contribution is -2.49. The van der Waals surface area contributed by atoms with Crippen LogP contribution in [0.25, 0.3) is 0 Å². The molecule has 10 heteroatoms. The van der Waals surface area contributed by atoms with Gasteiger partial charge in [0.2, 0.25) is 0 Å². The quantitative estimate of drug-likeness (QED) is 0.566. The number of hydrazine groups is 1. The first-order valence-electron chi connectivity index (χ1n) is 5.44. The SMILES string of the molecule is COC(=O)NNC(=S)NC(=O)COc1ccc(Cl)cc1Cl. The van der Waals surface area contributed by atoms with E-state index in [0.29, 0.717) is 10.8 Å². The van der Waals surface area contributed by atoms with Crippen molar-refractivity contribution in [3.63, 3.8) is 0 Å². The highest BCUT2D eigenvalue weighted by Gasteiger charge is 2.08. The second kappa shape index (κ2) is 8.50. The van der Waals surface area contributed by atoms with Gasteiger partial charge in [0.15, 0.2) is 11.7 Å². The van der Waals surface area contributed by atoms with Crippen molar-refractivity contribution in [1.82, 2.24) is 16.2 Å². The first-order valence-corrected chi connectivity index (χ1v) is 6.60. The van der Waals surface area contributed by atoms with Crippen LogP contribution < -0.4 is 20.9 Å². The van der Waals surface area contributed by atoms with Crippen LogP contribution in [0.4, 0.5) is 4.79 Å². The van der Waals surface area contributed by atoms with Crippen molar-refractivity contribution >= 4 is 52.5 Å². The number of hydrogen-bond donors (Lipinski definition) is 3. The molecular weight excluding hydrogens is 341 g/mol. The lowest BCUT2D eigenvalue weighted by Gasteiger charge is -2.11. The Labute approximate surface area is 135 Å². The summed E-state index contributed by atoms with van der Waals surface area (Å²) in [6.45, 7) is -0.318. The zero-order valence-corrected chi connectivity index (χ0v) is 13.1. The van der Waals surface area contributed by atoms with Crippen molar-refractivity contribution in [3.05, 3.63) is 28.2 Å². The number of thiocarbonyl (C=S) groups is 1. The van der Waals surface area contributed by atoms with E-state index in [9.17, 15) is 9.59 Å². The van der Waals surface area contributed by atoms with Crippen LogP contribution in [0.5, 0.6) is 5.75 Å². The fourth-order valence-corrected chi connectivity index (χ4v) is 1.72. The van der Waals surface area contributed by atoms with Gasteiger partial charge in [-0.25, -0.2) is 10.2 Å². The number of methoxy groups -OCH3 is 1. The number of amides is 2. The summed E-state index contributed by atoms with van der Waals surface area (Å²) in [6.07, 6.45) is -0.754. The van der Waals surface area contributed by atoms with E-state index >= 15 is 0 Å². The highest BCUT2D eigenvalue weighted by Crippen LogP contribution is 2.27. The van der Waals surface area contributed by atoms with E-state index in [1.807, 2.05) is 0 Å². The second-order valence-corrected chi connectivity index (χ2v) is 4.73. The second-order valence-electron chi connectivity index (χ2n) is 3.48. The maximum absolute atomic E-state index is 11.5. The van der Waals surface area contributed by atoms with Gasteiger partial charge in [-0.15, -0.1) is 0 Å². The first kappa shape index (κ1) is 17.3. The Kier molecular flexibility index (Phi) is 7.00. The molecule has 0 aliphatic rings. The van der Waals surface area contributed by atoms with E-state index < -0.39 is 12.0 Å². The van der Waals surface area contributed by atoms with Crippen molar-refractivity contribution in [2.24, 2.45) is 0 Å². The third kappa shape index (κ3) is 6.48. The zero-order chi connectivity index (χ0) is 15.8. The Morgan fingerprint density at radius 1 is 1.29 bits per heavy atom. The van der Waals surface area contributed by atoms with Gasteiger partial charge < -0.3 is 9.47 Å². The normalized spacial score (nSPS) is 9.48. The average molecular weight is 352 g/mol. The van der Waals surface area contributed by atoms with Crippen molar-refractivity contribution in [2.45, 2.75) is 0 Å². The molecule has 0 radical (unpaired) electrons. The summed E-state index contributed by atoms with van der Waals surface area (Å²) >= 11 is 16.4. The molecule has 0 atom stereocenters. The molecule has 0 bridgehead atoms. The van der Waals surface area contributed by atoms with Crippen molar-refractivity contribution in [1.29, 1.82) is 0 Å². The third-order valence-electron chi connectivity index (χ3n) is 1.97. The minimum Gasteiger partial charge on any atom is -0.482 e. The van der Waals surface area contributed by atoms with E-state index in [1.54, 1.807) is 6.07 Å². The number of rotatable bonds is 3. The van der Waals surface area contributed by atoms with Gasteiger partial charge in [0.05, 0.1) is 12.1 Å². The van der Waals surface area contributed by atoms with E-state index in [-0.39, 0.29) is 16.7 Å². The number of carbonyl (C=O) groups is 2. The molecular formula is C11H11Cl2N3O4S. The van der Waals surface area contributed by atoms with Crippen LogP contribution in [-0.4, -0.2) is 30.8 Å². The van der Waals surface area contributed by atoms with Gasteiger partial charge in [0.1, 0.15) is 5.75 Å². The van der Waals surface area contributed by atoms with Crippen molar-refractivity contribution in [2.75, 3.05) is 13.7 Å². The lowest BCUT2D eigenvalue weighted by molar-refractivity contribution is -0.121. The minimum absolute atomic E-state index is 0.115. The van der Waals surface area contributed by atoms with Crippen LogP contribution in [0.15, 0.2) is 18.2 Å². The molecule has 1 aromatic carbocycles. The molecule has 0 aliphatic carbocycles. The smallest absolute Gasteiger partial charge is 0.425 e. The number of halogens is 2. The molecule has 0 saturated carbocycles. The lowest BCUT2D eigenvalue weighted by atomic mass is 10.3. The van der Waals surface area contributed by atoms with Crippen LogP contribution in [0.1, 0.15) is 0 Å². The van der Waals surface area contributed by atoms with Gasteiger partial charge in [-0.2, -0.15) is 0 Å². The predicted molar refractivity (Wildman–Crippen MR) is 81.4 cm³/mol. The molecule has 0 fully saturated rings. The molecule has 0 aromatic heterocycles. The highest BCUT2D eigenvalue weighted by molar-refractivity contribution is 7.80. The van der Waals surface area contributed by atoms with Crippen molar-refractivity contribution < 1.29 is 19.1 Å². The molecule has 0 aliphatic heterocycles. The monoisotopic (exact) mass is 351 g/mol. The van der Waals surface area contributed by atoms with Crippen LogP contribution >= 0.6 is 35.4 Å². The van der Waals surface area contributed by atoms with E-state index in [4.69, 9.17) is 40.2 Å². The van der Waals surface area contributed by atoms with E-state index in [0.717, 1.165) is 0 Å². The van der Waals surface area contributed by atoms with Gasteiger partial charge in [-0.05, 0) is 30.4 Å². The Hall–Kier alpha value is -1.77. The molecule has 21 heavy (non-hydrogen) atoms. The summed E-state index contributed by atoms with van der Waals surface area (Å²) in [5.74, 6) is -0.229.